The minimum atomic E-state index is -0.738. The summed E-state index contributed by atoms with van der Waals surface area (Å²) in [5.74, 6) is -0.0790. The number of piperidine rings is 1. The van der Waals surface area contributed by atoms with E-state index < -0.39 is 6.04 Å². The average Bonchev–Trinajstić information content (AvgIpc) is 3.10. The number of benzene rings is 1. The van der Waals surface area contributed by atoms with Crippen LogP contribution >= 0.6 is 11.8 Å². The van der Waals surface area contributed by atoms with Crippen molar-refractivity contribution >= 4 is 34.4 Å². The third kappa shape index (κ3) is 4.67. The Morgan fingerprint density at radius 1 is 1.03 bits per heavy atom. The number of amides is 1. The number of carbonyl (C=O) groups is 4. The number of nitrogens with one attached hydrogen (secondary N) is 1. The number of hydrogen-bond donors (Lipinski definition) is 1. The monoisotopic (exact) mass is 428 g/mol. The van der Waals surface area contributed by atoms with Crippen LogP contribution in [0.3, 0.4) is 0 Å². The lowest BCUT2D eigenvalue weighted by atomic mass is 9.89. The summed E-state index contributed by atoms with van der Waals surface area (Å²) in [5, 5.41) is 2.84. The second kappa shape index (κ2) is 9.43. The van der Waals surface area contributed by atoms with E-state index in [9.17, 15) is 19.2 Å². The third-order valence-corrected chi connectivity index (χ3v) is 7.27. The standard InChI is InChI=1S/C23H28N2O4S/c26-18(17-9-8-15-5-1-2-6-16(15)13-17)10-11-21(28)24-20-7-3-4-12-25(20)22-19(27)14-30-23(22)29/h8-9,13,20,22H,1-7,10-12,14H2,(H,24,28). The van der Waals surface area contributed by atoms with E-state index in [-0.39, 0.29) is 47.3 Å². The van der Waals surface area contributed by atoms with Crippen LogP contribution in [0.25, 0.3) is 0 Å². The molecule has 1 N–H and O–H groups in total. The number of carbonyl (C=O) groups excluding carboxylic acids is 4. The Morgan fingerprint density at radius 2 is 1.83 bits per heavy atom. The number of rotatable bonds is 6. The summed E-state index contributed by atoms with van der Waals surface area (Å²) in [6.45, 7) is 0.627. The molecule has 0 radical (unpaired) electrons. The molecule has 0 spiro atoms. The molecule has 4 rings (SSSR count). The van der Waals surface area contributed by atoms with E-state index in [1.54, 1.807) is 0 Å². The molecule has 7 heteroatoms. The van der Waals surface area contributed by atoms with Crippen LogP contribution in [-0.2, 0) is 27.2 Å². The highest BCUT2D eigenvalue weighted by Crippen LogP contribution is 2.27. The van der Waals surface area contributed by atoms with Gasteiger partial charge in [0.15, 0.2) is 11.6 Å². The van der Waals surface area contributed by atoms with Crippen LogP contribution in [0.1, 0.15) is 66.4 Å². The van der Waals surface area contributed by atoms with E-state index in [1.165, 1.54) is 17.5 Å². The highest BCUT2D eigenvalue weighted by molar-refractivity contribution is 8.15. The maximum absolute atomic E-state index is 12.6. The van der Waals surface area contributed by atoms with Gasteiger partial charge < -0.3 is 5.32 Å². The van der Waals surface area contributed by atoms with E-state index in [4.69, 9.17) is 0 Å². The molecule has 1 amide bonds. The zero-order valence-electron chi connectivity index (χ0n) is 17.2. The average molecular weight is 429 g/mol. The fraction of sp³-hybridized carbons (Fsp3) is 0.565. The highest BCUT2D eigenvalue weighted by atomic mass is 32.2. The van der Waals surface area contributed by atoms with E-state index in [2.05, 4.69) is 11.4 Å². The Kier molecular flexibility index (Phi) is 6.68. The lowest BCUT2D eigenvalue weighted by Gasteiger charge is -2.38. The van der Waals surface area contributed by atoms with Crippen LogP contribution in [-0.4, -0.2) is 52.0 Å². The normalized spacial score (nSPS) is 24.5. The second-order valence-corrected chi connectivity index (χ2v) is 9.39. The van der Waals surface area contributed by atoms with Crippen molar-refractivity contribution in [1.29, 1.82) is 0 Å². The Balaban J connectivity index is 1.33. The predicted molar refractivity (Wildman–Crippen MR) is 115 cm³/mol. The van der Waals surface area contributed by atoms with E-state index in [1.807, 2.05) is 17.0 Å². The topological polar surface area (TPSA) is 83.6 Å². The Morgan fingerprint density at radius 3 is 2.60 bits per heavy atom. The van der Waals surface area contributed by atoms with E-state index >= 15 is 0 Å². The lowest BCUT2D eigenvalue weighted by molar-refractivity contribution is -0.133. The lowest BCUT2D eigenvalue weighted by Crippen LogP contribution is -2.57. The van der Waals surface area contributed by atoms with Crippen molar-refractivity contribution in [3.8, 4) is 0 Å². The van der Waals surface area contributed by atoms with Gasteiger partial charge in [0.1, 0.15) is 6.04 Å². The number of ketones is 2. The minimum Gasteiger partial charge on any atom is -0.341 e. The molecule has 30 heavy (non-hydrogen) atoms. The smallest absolute Gasteiger partial charge is 0.221 e. The molecule has 1 aliphatic carbocycles. The summed E-state index contributed by atoms with van der Waals surface area (Å²) < 4.78 is 0. The number of fused-ring (bicyclic) bond motifs is 1. The Bertz CT molecular complexity index is 853. The number of likely N-dealkylation sites (tertiary alicyclic amines) is 1. The van der Waals surface area contributed by atoms with Crippen molar-refractivity contribution in [3.05, 3.63) is 34.9 Å². The van der Waals surface area contributed by atoms with Crippen molar-refractivity contribution in [3.63, 3.8) is 0 Å². The number of thioether (sulfide) groups is 1. The molecule has 0 aromatic heterocycles. The fourth-order valence-electron chi connectivity index (χ4n) is 4.71. The molecule has 1 aromatic carbocycles. The first kappa shape index (κ1) is 21.2. The summed E-state index contributed by atoms with van der Waals surface area (Å²) in [4.78, 5) is 51.3. The van der Waals surface area contributed by atoms with E-state index in [0.717, 1.165) is 43.9 Å². The largest absolute Gasteiger partial charge is 0.341 e. The van der Waals surface area contributed by atoms with Crippen LogP contribution in [0, 0.1) is 0 Å². The quantitative estimate of drug-likeness (QED) is 0.554. The van der Waals surface area contributed by atoms with Gasteiger partial charge in [-0.3, -0.25) is 24.1 Å². The second-order valence-electron chi connectivity index (χ2n) is 8.41. The van der Waals surface area contributed by atoms with Crippen LogP contribution in [0.4, 0.5) is 0 Å². The van der Waals surface area contributed by atoms with Gasteiger partial charge >= 0.3 is 0 Å². The molecule has 160 valence electrons. The molecule has 2 atom stereocenters. The van der Waals surface area contributed by atoms with Crippen LogP contribution in [0.5, 0.6) is 0 Å². The molecule has 2 heterocycles. The van der Waals surface area contributed by atoms with Crippen LogP contribution in [0.2, 0.25) is 0 Å². The number of hydrogen-bond acceptors (Lipinski definition) is 6. The molecule has 0 bridgehead atoms. The Hall–Kier alpha value is -1.99. The van der Waals surface area contributed by atoms with Crippen molar-refractivity contribution in [2.45, 2.75) is 70.0 Å². The summed E-state index contributed by atoms with van der Waals surface area (Å²) in [6, 6.07) is 5.18. The Labute approximate surface area is 181 Å². The predicted octanol–water partition coefficient (Wildman–Crippen LogP) is 2.67. The van der Waals surface area contributed by atoms with Crippen molar-refractivity contribution in [2.75, 3.05) is 12.3 Å². The summed E-state index contributed by atoms with van der Waals surface area (Å²) in [6.07, 6.45) is 6.98. The number of Topliss-reactive ketones (excluding diaryl/α,β-unsaturated/α-hetero) is 2. The third-order valence-electron chi connectivity index (χ3n) is 6.34. The first-order chi connectivity index (χ1) is 14.5. The fourth-order valence-corrected chi connectivity index (χ4v) is 5.57. The first-order valence-electron chi connectivity index (χ1n) is 10.9. The van der Waals surface area contributed by atoms with Crippen molar-refractivity contribution < 1.29 is 19.2 Å². The first-order valence-corrected chi connectivity index (χ1v) is 11.9. The van der Waals surface area contributed by atoms with Gasteiger partial charge in [0.25, 0.3) is 0 Å². The molecular formula is C23H28N2O4S. The molecule has 2 saturated heterocycles. The van der Waals surface area contributed by atoms with Gasteiger partial charge in [-0.15, -0.1) is 0 Å². The maximum atomic E-state index is 12.6. The van der Waals surface area contributed by atoms with Gasteiger partial charge in [-0.1, -0.05) is 23.9 Å². The van der Waals surface area contributed by atoms with Crippen LogP contribution < -0.4 is 5.32 Å². The van der Waals surface area contributed by atoms with Gasteiger partial charge in [-0.05, 0) is 62.1 Å². The van der Waals surface area contributed by atoms with Gasteiger partial charge in [0.2, 0.25) is 11.0 Å². The van der Waals surface area contributed by atoms with Crippen molar-refractivity contribution in [2.24, 2.45) is 0 Å². The molecular weight excluding hydrogens is 400 g/mol. The molecule has 2 fully saturated rings. The maximum Gasteiger partial charge on any atom is 0.221 e. The summed E-state index contributed by atoms with van der Waals surface area (Å²) >= 11 is 1.06. The molecule has 6 nitrogen and oxygen atoms in total. The van der Waals surface area contributed by atoms with Crippen LogP contribution in [0.15, 0.2) is 18.2 Å². The summed E-state index contributed by atoms with van der Waals surface area (Å²) in [5.41, 5.74) is 3.28. The van der Waals surface area contributed by atoms with Gasteiger partial charge in [-0.25, -0.2) is 0 Å². The van der Waals surface area contributed by atoms with Gasteiger partial charge in [-0.2, -0.15) is 0 Å². The number of nitrogens with zero attached hydrogens (tertiary/aromatic N) is 1. The zero-order valence-corrected chi connectivity index (χ0v) is 18.0. The van der Waals surface area contributed by atoms with Crippen molar-refractivity contribution in [1.82, 2.24) is 10.2 Å². The summed E-state index contributed by atoms with van der Waals surface area (Å²) in [7, 11) is 0. The minimum absolute atomic E-state index is 0.0171. The molecule has 2 unspecified atom stereocenters. The van der Waals surface area contributed by atoms with Gasteiger partial charge in [0, 0.05) is 24.9 Å². The molecule has 3 aliphatic rings. The highest BCUT2D eigenvalue weighted by Gasteiger charge is 2.42. The SMILES string of the molecule is O=C(CCC(=O)c1ccc2c(c1)CCCC2)NC1CCCCN1C1C(=O)CSC1=O. The molecule has 0 saturated carbocycles. The molecule has 2 aliphatic heterocycles. The zero-order chi connectivity index (χ0) is 21.1. The van der Waals surface area contributed by atoms with Gasteiger partial charge in [0.05, 0.1) is 11.9 Å². The number of aryl methyl sites for hydroxylation is 2. The van der Waals surface area contributed by atoms with E-state index in [0.29, 0.717) is 18.5 Å². The molecule has 1 aromatic rings.